The number of amides is 1. The fourth-order valence-corrected chi connectivity index (χ4v) is 3.86. The van der Waals surface area contributed by atoms with E-state index in [1.165, 1.54) is 18.6 Å². The molecule has 0 bridgehead atoms. The minimum Gasteiger partial charge on any atom is -0.355 e. The fraction of sp³-hybridized carbons (Fsp3) is 0.579. The third-order valence-corrected chi connectivity index (χ3v) is 5.28. The van der Waals surface area contributed by atoms with E-state index in [1.54, 1.807) is 7.05 Å². The zero-order valence-corrected chi connectivity index (χ0v) is 19.2. The number of guanidine groups is 1. The first-order valence-corrected chi connectivity index (χ1v) is 9.90. The fourth-order valence-electron chi connectivity index (χ4n) is 2.66. The molecule has 1 saturated heterocycles. The standard InChI is InChI=1S/C19H30N4OS.HI/c1-19(2,3)23-17(24)15-8-5-7-14(11-15)12-21-18(20-4)22-13-16-9-6-10-25-16;/h5,7-8,11,16H,6,9-10,12-13H2,1-4H3,(H,23,24)(H2,20,21,22);1H. The van der Waals surface area contributed by atoms with Crippen molar-refractivity contribution in [1.82, 2.24) is 16.0 Å². The molecule has 1 aromatic rings. The molecule has 146 valence electrons. The first-order chi connectivity index (χ1) is 11.9. The van der Waals surface area contributed by atoms with Gasteiger partial charge in [-0.25, -0.2) is 0 Å². The van der Waals surface area contributed by atoms with Crippen molar-refractivity contribution < 1.29 is 4.79 Å². The molecule has 1 aliphatic rings. The van der Waals surface area contributed by atoms with Crippen molar-refractivity contribution in [2.75, 3.05) is 19.3 Å². The highest BCUT2D eigenvalue weighted by atomic mass is 127. The first-order valence-electron chi connectivity index (χ1n) is 8.85. The van der Waals surface area contributed by atoms with Crippen LogP contribution in [0.1, 0.15) is 49.5 Å². The van der Waals surface area contributed by atoms with Crippen LogP contribution in [0, 0.1) is 0 Å². The number of carbonyl (C=O) groups is 1. The van der Waals surface area contributed by atoms with Crippen molar-refractivity contribution in [3.8, 4) is 0 Å². The van der Waals surface area contributed by atoms with E-state index in [1.807, 2.05) is 56.8 Å². The van der Waals surface area contributed by atoms with Crippen LogP contribution in [-0.4, -0.2) is 42.0 Å². The molecule has 0 radical (unpaired) electrons. The third kappa shape index (κ3) is 8.16. The number of nitrogens with zero attached hydrogens (tertiary/aromatic N) is 1. The van der Waals surface area contributed by atoms with Crippen molar-refractivity contribution in [2.45, 2.75) is 50.9 Å². The van der Waals surface area contributed by atoms with Gasteiger partial charge in [0, 0.05) is 36.5 Å². The van der Waals surface area contributed by atoms with Gasteiger partial charge in [-0.2, -0.15) is 11.8 Å². The molecule has 26 heavy (non-hydrogen) atoms. The quantitative estimate of drug-likeness (QED) is 0.337. The van der Waals surface area contributed by atoms with Crippen LogP contribution in [-0.2, 0) is 6.54 Å². The summed E-state index contributed by atoms with van der Waals surface area (Å²) < 4.78 is 0. The molecular formula is C19H31IN4OS. The zero-order valence-electron chi connectivity index (χ0n) is 16.1. The Labute approximate surface area is 178 Å². The molecule has 1 fully saturated rings. The molecule has 0 spiro atoms. The van der Waals surface area contributed by atoms with Crippen molar-refractivity contribution in [2.24, 2.45) is 4.99 Å². The molecule has 1 atom stereocenters. The normalized spacial score (nSPS) is 17.4. The number of thioether (sulfide) groups is 1. The lowest BCUT2D eigenvalue weighted by atomic mass is 10.1. The first kappa shape index (κ1) is 23.1. The van der Waals surface area contributed by atoms with Crippen molar-refractivity contribution >= 4 is 47.6 Å². The van der Waals surface area contributed by atoms with Gasteiger partial charge in [0.05, 0.1) is 0 Å². The summed E-state index contributed by atoms with van der Waals surface area (Å²) in [6.45, 7) is 7.52. The van der Waals surface area contributed by atoms with Gasteiger partial charge in [-0.1, -0.05) is 12.1 Å². The lowest BCUT2D eigenvalue weighted by Crippen LogP contribution is -2.41. The summed E-state index contributed by atoms with van der Waals surface area (Å²) in [5.74, 6) is 2.02. The summed E-state index contributed by atoms with van der Waals surface area (Å²) >= 11 is 2.03. The molecule has 1 unspecified atom stereocenters. The van der Waals surface area contributed by atoms with Gasteiger partial charge in [0.25, 0.3) is 5.91 Å². The lowest BCUT2D eigenvalue weighted by Gasteiger charge is -2.20. The minimum absolute atomic E-state index is 0. The molecular weight excluding hydrogens is 459 g/mol. The summed E-state index contributed by atoms with van der Waals surface area (Å²) in [7, 11) is 1.78. The van der Waals surface area contributed by atoms with Crippen LogP contribution < -0.4 is 16.0 Å². The summed E-state index contributed by atoms with van der Waals surface area (Å²) in [4.78, 5) is 16.6. The molecule has 1 aliphatic heterocycles. The maximum atomic E-state index is 12.3. The van der Waals surface area contributed by atoms with Crippen molar-refractivity contribution in [3.63, 3.8) is 0 Å². The van der Waals surface area contributed by atoms with Crippen LogP contribution in [0.15, 0.2) is 29.3 Å². The molecule has 1 amide bonds. The predicted molar refractivity (Wildman–Crippen MR) is 123 cm³/mol. The van der Waals surface area contributed by atoms with Crippen LogP contribution in [0.5, 0.6) is 0 Å². The zero-order chi connectivity index (χ0) is 18.3. The highest BCUT2D eigenvalue weighted by Gasteiger charge is 2.16. The lowest BCUT2D eigenvalue weighted by molar-refractivity contribution is 0.0919. The number of hydrogen-bond donors (Lipinski definition) is 3. The van der Waals surface area contributed by atoms with Gasteiger partial charge in [0.15, 0.2) is 5.96 Å². The van der Waals surface area contributed by atoms with Crippen LogP contribution >= 0.6 is 35.7 Å². The van der Waals surface area contributed by atoms with E-state index in [4.69, 9.17) is 0 Å². The van der Waals surface area contributed by atoms with Gasteiger partial charge >= 0.3 is 0 Å². The van der Waals surface area contributed by atoms with Crippen molar-refractivity contribution in [3.05, 3.63) is 35.4 Å². The molecule has 0 aromatic heterocycles. The summed E-state index contributed by atoms with van der Waals surface area (Å²) in [6.07, 6.45) is 2.59. The minimum atomic E-state index is -0.241. The van der Waals surface area contributed by atoms with E-state index in [-0.39, 0.29) is 35.4 Å². The molecule has 5 nitrogen and oxygen atoms in total. The Morgan fingerprint density at radius 2 is 2.08 bits per heavy atom. The van der Waals surface area contributed by atoms with Crippen LogP contribution in [0.3, 0.4) is 0 Å². The van der Waals surface area contributed by atoms with E-state index in [0.29, 0.717) is 17.4 Å². The molecule has 0 aliphatic carbocycles. The largest absolute Gasteiger partial charge is 0.355 e. The maximum Gasteiger partial charge on any atom is 0.251 e. The van der Waals surface area contributed by atoms with Crippen LogP contribution in [0.2, 0.25) is 0 Å². The molecule has 2 rings (SSSR count). The number of halogens is 1. The summed E-state index contributed by atoms with van der Waals surface area (Å²) in [5, 5.41) is 10.4. The van der Waals surface area contributed by atoms with Gasteiger partial charge in [0.2, 0.25) is 0 Å². The van der Waals surface area contributed by atoms with E-state index in [9.17, 15) is 4.79 Å². The number of aliphatic imine (C=N–C) groups is 1. The average molecular weight is 490 g/mol. The van der Waals surface area contributed by atoms with E-state index in [0.717, 1.165) is 18.1 Å². The monoisotopic (exact) mass is 490 g/mol. The number of benzene rings is 1. The number of hydrogen-bond acceptors (Lipinski definition) is 3. The van der Waals surface area contributed by atoms with Gasteiger partial charge in [-0.3, -0.25) is 9.79 Å². The Morgan fingerprint density at radius 1 is 1.31 bits per heavy atom. The SMILES string of the molecule is CN=C(NCc1cccc(C(=O)NC(C)(C)C)c1)NCC1CCCS1.I. The Balaban J connectivity index is 0.00000338. The van der Waals surface area contributed by atoms with Gasteiger partial charge in [-0.15, -0.1) is 24.0 Å². The van der Waals surface area contributed by atoms with E-state index >= 15 is 0 Å². The third-order valence-electron chi connectivity index (χ3n) is 3.88. The molecule has 1 aromatic carbocycles. The maximum absolute atomic E-state index is 12.3. The number of rotatable bonds is 5. The highest BCUT2D eigenvalue weighted by molar-refractivity contribution is 14.0. The molecule has 7 heteroatoms. The Bertz CT molecular complexity index is 610. The highest BCUT2D eigenvalue weighted by Crippen LogP contribution is 2.25. The Hall–Kier alpha value is -0.960. The van der Waals surface area contributed by atoms with E-state index in [2.05, 4.69) is 20.9 Å². The van der Waals surface area contributed by atoms with Crippen LogP contribution in [0.4, 0.5) is 0 Å². The average Bonchev–Trinajstić information content (AvgIpc) is 3.07. The Morgan fingerprint density at radius 3 is 2.69 bits per heavy atom. The molecule has 3 N–H and O–H groups in total. The second kappa shape index (κ2) is 11.0. The van der Waals surface area contributed by atoms with Crippen LogP contribution in [0.25, 0.3) is 0 Å². The molecule has 1 heterocycles. The second-order valence-corrected chi connectivity index (χ2v) is 8.75. The van der Waals surface area contributed by atoms with Crippen molar-refractivity contribution in [1.29, 1.82) is 0 Å². The van der Waals surface area contributed by atoms with Gasteiger partial charge in [0.1, 0.15) is 0 Å². The summed E-state index contributed by atoms with van der Waals surface area (Å²) in [5.41, 5.74) is 1.49. The topological polar surface area (TPSA) is 65.5 Å². The second-order valence-electron chi connectivity index (χ2n) is 7.35. The summed E-state index contributed by atoms with van der Waals surface area (Å²) in [6, 6.07) is 7.70. The van der Waals surface area contributed by atoms with Gasteiger partial charge in [-0.05, 0) is 57.1 Å². The number of carbonyl (C=O) groups excluding carboxylic acids is 1. The Kier molecular flexibility index (Phi) is 9.78. The smallest absolute Gasteiger partial charge is 0.251 e. The molecule has 0 saturated carbocycles. The van der Waals surface area contributed by atoms with E-state index < -0.39 is 0 Å². The van der Waals surface area contributed by atoms with Gasteiger partial charge < -0.3 is 16.0 Å². The predicted octanol–water partition coefficient (Wildman–Crippen LogP) is 3.39. The number of nitrogens with one attached hydrogen (secondary N) is 3.